The summed E-state index contributed by atoms with van der Waals surface area (Å²) in [6.07, 6.45) is 0. The summed E-state index contributed by atoms with van der Waals surface area (Å²) < 4.78 is 28.7. The van der Waals surface area contributed by atoms with Crippen molar-refractivity contribution in [3.05, 3.63) is 94.0 Å². The lowest BCUT2D eigenvalue weighted by Crippen LogP contribution is -2.51. The second-order valence-electron chi connectivity index (χ2n) is 9.68. The number of nitrogens with one attached hydrogen (secondary N) is 1. The second kappa shape index (κ2) is 13.3. The van der Waals surface area contributed by atoms with E-state index in [1.807, 2.05) is 13.8 Å². The van der Waals surface area contributed by atoms with E-state index in [-0.39, 0.29) is 23.3 Å². The number of benzene rings is 3. The molecular weight excluding hydrogens is 557 g/mol. The molecule has 3 aromatic carbocycles. The Labute approximate surface area is 240 Å². The zero-order valence-corrected chi connectivity index (χ0v) is 24.7. The zero-order valence-electron chi connectivity index (χ0n) is 22.4. The van der Waals surface area contributed by atoms with Gasteiger partial charge < -0.3 is 10.2 Å². The summed E-state index contributed by atoms with van der Waals surface area (Å²) in [6.45, 7) is 7.23. The lowest BCUT2D eigenvalue weighted by atomic mass is 10.1. The van der Waals surface area contributed by atoms with Gasteiger partial charge in [0.2, 0.25) is 11.8 Å². The van der Waals surface area contributed by atoms with E-state index in [4.69, 9.17) is 23.2 Å². The van der Waals surface area contributed by atoms with Gasteiger partial charge in [0, 0.05) is 23.1 Å². The Morgan fingerprint density at radius 3 is 2.18 bits per heavy atom. The standard InChI is InChI=1S/C29H33Cl2N3O4S/c1-20(2)17-32-29(36)22(4)33(18-23-14-15-24(30)16-26(23)31)28(35)19-34(27-13-9-8-10-21(27)3)39(37,38)25-11-6-5-7-12-25/h5-16,20,22H,17-19H2,1-4H3,(H,32,36). The molecule has 0 heterocycles. The Bertz CT molecular complexity index is 1420. The number of para-hydroxylation sites is 1. The number of amides is 2. The van der Waals surface area contributed by atoms with E-state index in [0.717, 1.165) is 4.31 Å². The number of halogens is 2. The van der Waals surface area contributed by atoms with Gasteiger partial charge in [0.15, 0.2) is 0 Å². The number of carbonyl (C=O) groups is 2. The van der Waals surface area contributed by atoms with Crippen molar-refractivity contribution >= 4 is 50.7 Å². The van der Waals surface area contributed by atoms with Gasteiger partial charge >= 0.3 is 0 Å². The summed E-state index contributed by atoms with van der Waals surface area (Å²) in [5, 5.41) is 3.63. The molecule has 0 bridgehead atoms. The molecule has 0 aliphatic rings. The maximum Gasteiger partial charge on any atom is 0.264 e. The molecule has 10 heteroatoms. The third-order valence-corrected chi connectivity index (χ3v) is 8.56. The van der Waals surface area contributed by atoms with E-state index in [1.54, 1.807) is 74.5 Å². The quantitative estimate of drug-likeness (QED) is 0.311. The molecule has 1 atom stereocenters. The van der Waals surface area contributed by atoms with Crippen LogP contribution in [0.5, 0.6) is 0 Å². The van der Waals surface area contributed by atoms with Crippen molar-refractivity contribution in [2.24, 2.45) is 5.92 Å². The smallest absolute Gasteiger partial charge is 0.264 e. The van der Waals surface area contributed by atoms with E-state index in [2.05, 4.69) is 5.32 Å². The fraction of sp³-hybridized carbons (Fsp3) is 0.310. The van der Waals surface area contributed by atoms with Crippen molar-refractivity contribution in [2.75, 3.05) is 17.4 Å². The number of carbonyl (C=O) groups excluding carboxylic acids is 2. The normalized spacial score (nSPS) is 12.2. The van der Waals surface area contributed by atoms with Crippen LogP contribution in [0, 0.1) is 12.8 Å². The minimum atomic E-state index is -4.12. The number of anilines is 1. The summed E-state index contributed by atoms with van der Waals surface area (Å²) >= 11 is 12.5. The van der Waals surface area contributed by atoms with Gasteiger partial charge in [0.1, 0.15) is 12.6 Å². The van der Waals surface area contributed by atoms with Crippen molar-refractivity contribution in [1.82, 2.24) is 10.2 Å². The van der Waals surface area contributed by atoms with Gasteiger partial charge in [-0.1, -0.05) is 79.5 Å². The fourth-order valence-corrected chi connectivity index (χ4v) is 5.91. The molecule has 39 heavy (non-hydrogen) atoms. The van der Waals surface area contributed by atoms with Crippen LogP contribution >= 0.6 is 23.2 Å². The van der Waals surface area contributed by atoms with Crippen LogP contribution in [-0.2, 0) is 26.2 Å². The molecule has 7 nitrogen and oxygen atoms in total. The van der Waals surface area contributed by atoms with Crippen molar-refractivity contribution in [2.45, 2.75) is 45.2 Å². The van der Waals surface area contributed by atoms with Crippen molar-refractivity contribution in [1.29, 1.82) is 0 Å². The Balaban J connectivity index is 2.03. The third kappa shape index (κ3) is 7.75. The number of nitrogens with zero attached hydrogens (tertiary/aromatic N) is 2. The molecule has 0 aliphatic carbocycles. The van der Waals surface area contributed by atoms with Gasteiger partial charge in [-0.3, -0.25) is 13.9 Å². The molecule has 1 N–H and O–H groups in total. The molecule has 3 rings (SSSR count). The number of rotatable bonds is 11. The Kier molecular flexibility index (Phi) is 10.4. The highest BCUT2D eigenvalue weighted by Crippen LogP contribution is 2.28. The van der Waals surface area contributed by atoms with E-state index in [9.17, 15) is 18.0 Å². The summed E-state index contributed by atoms with van der Waals surface area (Å²) in [4.78, 5) is 28.4. The fourth-order valence-electron chi connectivity index (χ4n) is 3.94. The second-order valence-corrected chi connectivity index (χ2v) is 12.4. The lowest BCUT2D eigenvalue weighted by Gasteiger charge is -2.32. The first kappa shape index (κ1) is 30.5. The molecule has 0 radical (unpaired) electrons. The molecule has 2 amide bonds. The molecule has 0 saturated carbocycles. The highest BCUT2D eigenvalue weighted by Gasteiger charge is 2.33. The summed E-state index contributed by atoms with van der Waals surface area (Å²) in [5.74, 6) is -0.699. The summed E-state index contributed by atoms with van der Waals surface area (Å²) in [7, 11) is -4.12. The minimum Gasteiger partial charge on any atom is -0.354 e. The molecule has 0 aromatic heterocycles. The van der Waals surface area contributed by atoms with Crippen LogP contribution in [0.15, 0.2) is 77.7 Å². The van der Waals surface area contributed by atoms with Crippen LogP contribution in [0.25, 0.3) is 0 Å². The van der Waals surface area contributed by atoms with Crippen LogP contribution in [0.4, 0.5) is 5.69 Å². The molecule has 208 valence electrons. The molecule has 3 aromatic rings. The number of aryl methyl sites for hydroxylation is 1. The van der Waals surface area contributed by atoms with E-state index in [0.29, 0.717) is 33.4 Å². The van der Waals surface area contributed by atoms with Crippen molar-refractivity contribution in [3.63, 3.8) is 0 Å². The van der Waals surface area contributed by atoms with Crippen LogP contribution < -0.4 is 9.62 Å². The van der Waals surface area contributed by atoms with Crippen molar-refractivity contribution in [3.8, 4) is 0 Å². The van der Waals surface area contributed by atoms with Crippen LogP contribution in [0.3, 0.4) is 0 Å². The highest BCUT2D eigenvalue weighted by molar-refractivity contribution is 7.92. The molecule has 0 spiro atoms. The minimum absolute atomic E-state index is 0.0158. The molecule has 0 aliphatic heterocycles. The Morgan fingerprint density at radius 2 is 1.56 bits per heavy atom. The maximum absolute atomic E-state index is 14.0. The predicted octanol–water partition coefficient (Wildman–Crippen LogP) is 5.69. The summed E-state index contributed by atoms with van der Waals surface area (Å²) in [5.41, 5.74) is 1.63. The zero-order chi connectivity index (χ0) is 28.7. The van der Waals surface area contributed by atoms with Gasteiger partial charge in [-0.15, -0.1) is 0 Å². The summed E-state index contributed by atoms with van der Waals surface area (Å²) in [6, 6.07) is 18.9. The maximum atomic E-state index is 14.0. The predicted molar refractivity (Wildman–Crippen MR) is 156 cm³/mol. The van der Waals surface area contributed by atoms with Gasteiger partial charge in [0.05, 0.1) is 10.6 Å². The van der Waals surface area contributed by atoms with E-state index >= 15 is 0 Å². The molecule has 0 fully saturated rings. The SMILES string of the molecule is Cc1ccccc1N(CC(=O)N(Cc1ccc(Cl)cc1Cl)C(C)C(=O)NCC(C)C)S(=O)(=O)c1ccccc1. The number of sulfonamides is 1. The first-order chi connectivity index (χ1) is 18.4. The Morgan fingerprint density at radius 1 is 0.923 bits per heavy atom. The van der Waals surface area contributed by atoms with E-state index < -0.39 is 28.5 Å². The highest BCUT2D eigenvalue weighted by atomic mass is 35.5. The average Bonchev–Trinajstić information content (AvgIpc) is 2.90. The van der Waals surface area contributed by atoms with Gasteiger partial charge in [-0.2, -0.15) is 0 Å². The topological polar surface area (TPSA) is 86.8 Å². The van der Waals surface area contributed by atoms with Gasteiger partial charge in [0.25, 0.3) is 10.0 Å². The largest absolute Gasteiger partial charge is 0.354 e. The van der Waals surface area contributed by atoms with Crippen LogP contribution in [0.2, 0.25) is 10.0 Å². The third-order valence-electron chi connectivity index (χ3n) is 6.20. The first-order valence-corrected chi connectivity index (χ1v) is 14.8. The van der Waals surface area contributed by atoms with Crippen molar-refractivity contribution < 1.29 is 18.0 Å². The monoisotopic (exact) mass is 589 g/mol. The van der Waals surface area contributed by atoms with Crippen LogP contribution in [0.1, 0.15) is 31.9 Å². The number of hydrogen-bond donors (Lipinski definition) is 1. The van der Waals surface area contributed by atoms with Gasteiger partial charge in [-0.25, -0.2) is 8.42 Å². The number of hydrogen-bond acceptors (Lipinski definition) is 4. The average molecular weight is 591 g/mol. The first-order valence-electron chi connectivity index (χ1n) is 12.6. The molecule has 1 unspecified atom stereocenters. The molecule has 0 saturated heterocycles. The molecular formula is C29H33Cl2N3O4S. The lowest BCUT2D eigenvalue weighted by molar-refractivity contribution is -0.139. The van der Waals surface area contributed by atoms with Gasteiger partial charge in [-0.05, 0) is 61.2 Å². The Hall–Kier alpha value is -3.07. The van der Waals surface area contributed by atoms with E-state index in [1.165, 1.54) is 17.0 Å². The van der Waals surface area contributed by atoms with Crippen LogP contribution in [-0.4, -0.2) is 44.3 Å².